The molecule has 2 rings (SSSR count). The van der Waals surface area contributed by atoms with Crippen molar-refractivity contribution in [2.45, 2.75) is 19.4 Å². The number of anilines is 1. The van der Waals surface area contributed by atoms with Crippen LogP contribution in [0.2, 0.25) is 0 Å². The Balaban J connectivity index is 2.29. The first-order valence-corrected chi connectivity index (χ1v) is 7.00. The topological polar surface area (TPSA) is 32.3 Å². The molecule has 5 heteroatoms. The van der Waals surface area contributed by atoms with E-state index in [0.29, 0.717) is 10.9 Å². The number of phenols is 1. The molecule has 0 saturated heterocycles. The fraction of sp³-hybridized carbons (Fsp3) is 0.200. The molecule has 0 aliphatic heterocycles. The summed E-state index contributed by atoms with van der Waals surface area (Å²) in [4.78, 5) is 0. The predicted octanol–water partition coefficient (Wildman–Crippen LogP) is 5.00. The van der Waals surface area contributed by atoms with Crippen LogP contribution in [-0.4, -0.2) is 5.11 Å². The van der Waals surface area contributed by atoms with Crippen LogP contribution in [0.3, 0.4) is 0 Å². The lowest BCUT2D eigenvalue weighted by molar-refractivity contribution is 0.475. The van der Waals surface area contributed by atoms with Gasteiger partial charge < -0.3 is 10.4 Å². The molecule has 20 heavy (non-hydrogen) atoms. The first-order valence-electron chi connectivity index (χ1n) is 6.21. The van der Waals surface area contributed by atoms with Crippen molar-refractivity contribution in [1.29, 1.82) is 0 Å². The highest BCUT2D eigenvalue weighted by atomic mass is 79.9. The van der Waals surface area contributed by atoms with E-state index in [9.17, 15) is 13.9 Å². The third-order valence-electron chi connectivity index (χ3n) is 3.03. The summed E-state index contributed by atoms with van der Waals surface area (Å²) in [6, 6.07) is 8.63. The highest BCUT2D eigenvalue weighted by Gasteiger charge is 2.15. The normalized spacial score (nSPS) is 12.2. The van der Waals surface area contributed by atoms with E-state index >= 15 is 0 Å². The molecule has 2 nitrogen and oxygen atoms in total. The fourth-order valence-electron chi connectivity index (χ4n) is 1.98. The molecule has 2 N–H and O–H groups in total. The van der Waals surface area contributed by atoms with E-state index in [1.807, 2.05) is 6.92 Å². The summed E-state index contributed by atoms with van der Waals surface area (Å²) >= 11 is 3.16. The summed E-state index contributed by atoms with van der Waals surface area (Å²) in [7, 11) is 0. The minimum atomic E-state index is -0.644. The van der Waals surface area contributed by atoms with Gasteiger partial charge in [0.25, 0.3) is 0 Å². The second-order valence-electron chi connectivity index (χ2n) is 4.44. The van der Waals surface area contributed by atoms with Crippen LogP contribution < -0.4 is 5.32 Å². The Hall–Kier alpha value is -1.62. The van der Waals surface area contributed by atoms with Crippen molar-refractivity contribution in [3.8, 4) is 5.75 Å². The molecule has 0 spiro atoms. The van der Waals surface area contributed by atoms with Gasteiger partial charge >= 0.3 is 0 Å². The third-order valence-corrected chi connectivity index (χ3v) is 3.65. The Morgan fingerprint density at radius 2 is 1.85 bits per heavy atom. The van der Waals surface area contributed by atoms with Crippen molar-refractivity contribution in [2.24, 2.45) is 0 Å². The zero-order valence-electron chi connectivity index (χ0n) is 10.8. The van der Waals surface area contributed by atoms with Crippen LogP contribution in [0.25, 0.3) is 0 Å². The second-order valence-corrected chi connectivity index (χ2v) is 5.30. The number of phenolic OH excluding ortho intramolecular Hbond substituents is 1. The van der Waals surface area contributed by atoms with Gasteiger partial charge in [-0.2, -0.15) is 0 Å². The van der Waals surface area contributed by atoms with Gasteiger partial charge in [-0.1, -0.05) is 19.1 Å². The monoisotopic (exact) mass is 341 g/mol. The molecule has 0 amide bonds. The Kier molecular flexibility index (Phi) is 4.60. The summed E-state index contributed by atoms with van der Waals surface area (Å²) in [5, 5.41) is 12.3. The quantitative estimate of drug-likeness (QED) is 0.820. The highest BCUT2D eigenvalue weighted by Crippen LogP contribution is 2.31. The zero-order valence-corrected chi connectivity index (χ0v) is 12.4. The standard InChI is InChI=1S/C15H14BrF2NO/c1-2-14(9-3-5-11(20)6-4-9)19-15-12(16)7-10(17)8-13(15)18/h3-8,14,19-20H,2H2,1H3. The minimum absolute atomic E-state index is 0.133. The summed E-state index contributed by atoms with van der Waals surface area (Å²) in [5.41, 5.74) is 1.15. The van der Waals surface area contributed by atoms with E-state index in [0.717, 1.165) is 11.6 Å². The van der Waals surface area contributed by atoms with Gasteiger partial charge in [-0.25, -0.2) is 8.78 Å². The zero-order chi connectivity index (χ0) is 14.7. The highest BCUT2D eigenvalue weighted by molar-refractivity contribution is 9.10. The molecule has 0 saturated carbocycles. The molecule has 0 heterocycles. The van der Waals surface area contributed by atoms with Gasteiger partial charge in [-0.05, 0) is 46.1 Å². The maximum absolute atomic E-state index is 13.8. The number of hydrogen-bond acceptors (Lipinski definition) is 2. The summed E-state index contributed by atoms with van der Waals surface area (Å²) in [6.45, 7) is 1.96. The average molecular weight is 342 g/mol. The van der Waals surface area contributed by atoms with E-state index in [4.69, 9.17) is 0 Å². The van der Waals surface area contributed by atoms with Crippen molar-refractivity contribution >= 4 is 21.6 Å². The minimum Gasteiger partial charge on any atom is -0.508 e. The summed E-state index contributed by atoms with van der Waals surface area (Å²) in [6.07, 6.45) is 0.716. The van der Waals surface area contributed by atoms with Crippen LogP contribution in [0.15, 0.2) is 40.9 Å². The van der Waals surface area contributed by atoms with Crippen molar-refractivity contribution in [3.63, 3.8) is 0 Å². The lowest BCUT2D eigenvalue weighted by Gasteiger charge is -2.20. The van der Waals surface area contributed by atoms with E-state index in [1.165, 1.54) is 6.07 Å². The number of rotatable bonds is 4. The Bertz CT molecular complexity index is 578. The molecule has 0 fully saturated rings. The van der Waals surface area contributed by atoms with Gasteiger partial charge in [0, 0.05) is 10.5 Å². The van der Waals surface area contributed by atoms with Crippen molar-refractivity contribution < 1.29 is 13.9 Å². The van der Waals surface area contributed by atoms with Crippen LogP contribution in [-0.2, 0) is 0 Å². The number of halogens is 3. The van der Waals surface area contributed by atoms with Gasteiger partial charge in [0.05, 0.1) is 11.7 Å². The lowest BCUT2D eigenvalue weighted by atomic mass is 10.0. The van der Waals surface area contributed by atoms with Gasteiger partial charge in [-0.15, -0.1) is 0 Å². The SMILES string of the molecule is CCC(Nc1c(F)cc(F)cc1Br)c1ccc(O)cc1. The largest absolute Gasteiger partial charge is 0.508 e. The van der Waals surface area contributed by atoms with Crippen LogP contribution in [0.4, 0.5) is 14.5 Å². The van der Waals surface area contributed by atoms with E-state index in [1.54, 1.807) is 24.3 Å². The Labute approximate surface area is 124 Å². The van der Waals surface area contributed by atoms with Crippen LogP contribution in [0.1, 0.15) is 24.9 Å². The number of hydrogen-bond donors (Lipinski definition) is 2. The van der Waals surface area contributed by atoms with Crippen molar-refractivity contribution in [1.82, 2.24) is 0 Å². The molecule has 1 atom stereocenters. The number of nitrogens with one attached hydrogen (secondary N) is 1. The molecule has 2 aromatic carbocycles. The molecule has 0 aromatic heterocycles. The maximum atomic E-state index is 13.8. The molecule has 1 unspecified atom stereocenters. The number of aromatic hydroxyl groups is 1. The third kappa shape index (κ3) is 3.28. The summed E-state index contributed by atoms with van der Waals surface area (Å²) < 4.78 is 27.2. The number of benzene rings is 2. The van der Waals surface area contributed by atoms with Gasteiger partial charge in [0.2, 0.25) is 0 Å². The molecular formula is C15H14BrF2NO. The molecular weight excluding hydrogens is 328 g/mol. The average Bonchev–Trinajstić information content (AvgIpc) is 2.39. The molecule has 106 valence electrons. The van der Waals surface area contributed by atoms with E-state index in [-0.39, 0.29) is 17.5 Å². The van der Waals surface area contributed by atoms with Crippen LogP contribution in [0, 0.1) is 11.6 Å². The van der Waals surface area contributed by atoms with Crippen LogP contribution in [0.5, 0.6) is 5.75 Å². The van der Waals surface area contributed by atoms with Crippen molar-refractivity contribution in [3.05, 3.63) is 58.1 Å². The predicted molar refractivity (Wildman–Crippen MR) is 78.8 cm³/mol. The van der Waals surface area contributed by atoms with Gasteiger partial charge in [0.15, 0.2) is 0 Å². The molecule has 2 aromatic rings. The molecule has 0 bridgehead atoms. The molecule has 0 aliphatic rings. The Morgan fingerprint density at radius 1 is 1.20 bits per heavy atom. The fourth-order valence-corrected chi connectivity index (χ4v) is 2.50. The second kappa shape index (κ2) is 6.22. The first kappa shape index (κ1) is 14.8. The van der Waals surface area contributed by atoms with Gasteiger partial charge in [-0.3, -0.25) is 0 Å². The molecule has 0 aliphatic carbocycles. The first-order chi connectivity index (χ1) is 9.51. The summed E-state index contributed by atoms with van der Waals surface area (Å²) in [5.74, 6) is -1.09. The van der Waals surface area contributed by atoms with E-state index in [2.05, 4.69) is 21.2 Å². The smallest absolute Gasteiger partial charge is 0.150 e. The van der Waals surface area contributed by atoms with E-state index < -0.39 is 11.6 Å². The Morgan fingerprint density at radius 3 is 2.40 bits per heavy atom. The molecule has 0 radical (unpaired) electrons. The lowest BCUT2D eigenvalue weighted by Crippen LogP contribution is -2.11. The van der Waals surface area contributed by atoms with Crippen LogP contribution >= 0.6 is 15.9 Å². The van der Waals surface area contributed by atoms with Gasteiger partial charge in [0.1, 0.15) is 17.4 Å². The maximum Gasteiger partial charge on any atom is 0.150 e. The van der Waals surface area contributed by atoms with Crippen molar-refractivity contribution in [2.75, 3.05) is 5.32 Å².